The summed E-state index contributed by atoms with van der Waals surface area (Å²) >= 11 is 5.90. The van der Waals surface area contributed by atoms with Crippen LogP contribution in [0.25, 0.3) is 11.2 Å². The van der Waals surface area contributed by atoms with Crippen LogP contribution in [0.3, 0.4) is 0 Å². The summed E-state index contributed by atoms with van der Waals surface area (Å²) in [6, 6.07) is 0. The molecule has 3 rings (SSSR count). The van der Waals surface area contributed by atoms with Gasteiger partial charge in [-0.1, -0.05) is 11.6 Å². The Balaban J connectivity index is 2.10. The molecule has 1 aliphatic rings. The summed E-state index contributed by atoms with van der Waals surface area (Å²) in [6.45, 7) is 1.00. The monoisotopic (exact) mass is 208 g/mol. The molecular weight excluding hydrogens is 200 g/mol. The third kappa shape index (κ3) is 1.26. The number of imidazole rings is 1. The van der Waals surface area contributed by atoms with Gasteiger partial charge in [0.05, 0.1) is 6.33 Å². The van der Waals surface area contributed by atoms with E-state index in [9.17, 15) is 0 Å². The van der Waals surface area contributed by atoms with Gasteiger partial charge in [0.15, 0.2) is 10.8 Å². The van der Waals surface area contributed by atoms with Crippen molar-refractivity contribution in [3.8, 4) is 0 Å². The van der Waals surface area contributed by atoms with Crippen LogP contribution >= 0.6 is 11.6 Å². The van der Waals surface area contributed by atoms with Crippen LogP contribution in [-0.4, -0.2) is 19.5 Å². The highest BCUT2D eigenvalue weighted by Crippen LogP contribution is 2.31. The Bertz CT molecular complexity index is 475. The van der Waals surface area contributed by atoms with Gasteiger partial charge >= 0.3 is 0 Å². The lowest BCUT2D eigenvalue weighted by molar-refractivity contribution is 0.638. The van der Waals surface area contributed by atoms with E-state index in [0.29, 0.717) is 10.7 Å². The van der Waals surface area contributed by atoms with Crippen molar-refractivity contribution in [3.05, 3.63) is 17.8 Å². The van der Waals surface area contributed by atoms with E-state index in [1.165, 1.54) is 19.2 Å². The molecule has 2 aromatic rings. The molecule has 0 radical (unpaired) electrons. The van der Waals surface area contributed by atoms with E-state index in [0.717, 1.165) is 18.1 Å². The standard InChI is InChI=1S/C9H9ClN4/c10-8-7-9(12-4-11-8)14(5-13-7)3-6-1-2-6/h4-6H,1-3H2. The predicted molar refractivity (Wildman–Crippen MR) is 53.1 cm³/mol. The molecule has 0 saturated heterocycles. The van der Waals surface area contributed by atoms with Gasteiger partial charge in [0.2, 0.25) is 0 Å². The van der Waals surface area contributed by atoms with Crippen LogP contribution in [0.5, 0.6) is 0 Å². The molecule has 0 amide bonds. The highest BCUT2D eigenvalue weighted by molar-refractivity contribution is 6.33. The fourth-order valence-electron chi connectivity index (χ4n) is 1.56. The average Bonchev–Trinajstić information content (AvgIpc) is 2.88. The summed E-state index contributed by atoms with van der Waals surface area (Å²) in [5.74, 6) is 0.807. The van der Waals surface area contributed by atoms with Crippen molar-refractivity contribution in [1.82, 2.24) is 19.5 Å². The smallest absolute Gasteiger partial charge is 0.164 e. The minimum absolute atomic E-state index is 0.435. The molecule has 4 nitrogen and oxygen atoms in total. The van der Waals surface area contributed by atoms with Crippen molar-refractivity contribution in [3.63, 3.8) is 0 Å². The zero-order chi connectivity index (χ0) is 9.54. The van der Waals surface area contributed by atoms with Gasteiger partial charge in [-0.15, -0.1) is 0 Å². The maximum absolute atomic E-state index is 5.90. The van der Waals surface area contributed by atoms with Crippen molar-refractivity contribution in [2.45, 2.75) is 19.4 Å². The van der Waals surface area contributed by atoms with Gasteiger partial charge in [0, 0.05) is 6.54 Å². The molecule has 0 N–H and O–H groups in total. The minimum Gasteiger partial charge on any atom is -0.315 e. The number of hydrogen-bond acceptors (Lipinski definition) is 3. The Kier molecular flexibility index (Phi) is 1.70. The van der Waals surface area contributed by atoms with Gasteiger partial charge in [0.1, 0.15) is 11.8 Å². The molecule has 1 fully saturated rings. The van der Waals surface area contributed by atoms with E-state index in [1.807, 2.05) is 0 Å². The molecule has 0 spiro atoms. The van der Waals surface area contributed by atoms with Gasteiger partial charge in [-0.3, -0.25) is 0 Å². The first kappa shape index (κ1) is 8.17. The Morgan fingerprint density at radius 2 is 2.21 bits per heavy atom. The maximum Gasteiger partial charge on any atom is 0.164 e. The number of nitrogens with zero attached hydrogens (tertiary/aromatic N) is 4. The second kappa shape index (κ2) is 2.92. The van der Waals surface area contributed by atoms with Gasteiger partial charge < -0.3 is 4.57 Å². The van der Waals surface area contributed by atoms with Crippen LogP contribution in [-0.2, 0) is 6.54 Å². The molecule has 72 valence electrons. The van der Waals surface area contributed by atoms with E-state index in [2.05, 4.69) is 19.5 Å². The lowest BCUT2D eigenvalue weighted by atomic mass is 10.4. The number of fused-ring (bicyclic) bond motifs is 1. The van der Waals surface area contributed by atoms with E-state index in [4.69, 9.17) is 11.6 Å². The molecule has 2 aromatic heterocycles. The van der Waals surface area contributed by atoms with Crippen LogP contribution in [0.4, 0.5) is 0 Å². The second-order valence-electron chi connectivity index (χ2n) is 3.68. The molecule has 1 aliphatic carbocycles. The minimum atomic E-state index is 0.435. The van der Waals surface area contributed by atoms with Gasteiger partial charge in [-0.05, 0) is 18.8 Å². The second-order valence-corrected chi connectivity index (χ2v) is 4.04. The topological polar surface area (TPSA) is 43.6 Å². The third-order valence-corrected chi connectivity index (χ3v) is 2.78. The van der Waals surface area contributed by atoms with Crippen LogP contribution in [0, 0.1) is 5.92 Å². The zero-order valence-electron chi connectivity index (χ0n) is 7.52. The fourth-order valence-corrected chi connectivity index (χ4v) is 1.74. The van der Waals surface area contributed by atoms with E-state index in [1.54, 1.807) is 6.33 Å². The summed E-state index contributed by atoms with van der Waals surface area (Å²) in [4.78, 5) is 12.3. The van der Waals surface area contributed by atoms with Crippen LogP contribution in [0.1, 0.15) is 12.8 Å². The highest BCUT2D eigenvalue weighted by Gasteiger charge is 2.22. The summed E-state index contributed by atoms with van der Waals surface area (Å²) in [5, 5.41) is 0.435. The average molecular weight is 209 g/mol. The van der Waals surface area contributed by atoms with Crippen LogP contribution < -0.4 is 0 Å². The van der Waals surface area contributed by atoms with Gasteiger partial charge in [-0.2, -0.15) is 0 Å². The van der Waals surface area contributed by atoms with Gasteiger partial charge in [0.25, 0.3) is 0 Å². The molecule has 5 heteroatoms. The van der Waals surface area contributed by atoms with Crippen molar-refractivity contribution >= 4 is 22.8 Å². The van der Waals surface area contributed by atoms with Crippen LogP contribution in [0.2, 0.25) is 5.15 Å². The molecule has 0 bridgehead atoms. The number of rotatable bonds is 2. The molecule has 1 saturated carbocycles. The Morgan fingerprint density at radius 3 is 3.00 bits per heavy atom. The molecule has 2 heterocycles. The molecule has 0 atom stereocenters. The zero-order valence-corrected chi connectivity index (χ0v) is 8.28. The summed E-state index contributed by atoms with van der Waals surface area (Å²) in [7, 11) is 0. The number of halogens is 1. The normalized spacial score (nSPS) is 16.4. The largest absolute Gasteiger partial charge is 0.315 e. The van der Waals surface area contributed by atoms with E-state index < -0.39 is 0 Å². The molecule has 0 unspecified atom stereocenters. The Labute approximate surface area is 85.9 Å². The summed E-state index contributed by atoms with van der Waals surface area (Å²) in [6.07, 6.45) is 5.91. The Hall–Kier alpha value is -1.16. The summed E-state index contributed by atoms with van der Waals surface area (Å²) in [5.41, 5.74) is 1.55. The number of aromatic nitrogens is 4. The fraction of sp³-hybridized carbons (Fsp3) is 0.444. The third-order valence-electron chi connectivity index (χ3n) is 2.51. The highest BCUT2D eigenvalue weighted by atomic mass is 35.5. The quantitative estimate of drug-likeness (QED) is 0.708. The Morgan fingerprint density at radius 1 is 1.36 bits per heavy atom. The SMILES string of the molecule is Clc1ncnc2c1ncn2CC1CC1. The first-order chi connectivity index (χ1) is 6.84. The van der Waals surface area contributed by atoms with Crippen molar-refractivity contribution in [2.75, 3.05) is 0 Å². The van der Waals surface area contributed by atoms with Crippen molar-refractivity contribution < 1.29 is 0 Å². The van der Waals surface area contributed by atoms with Crippen molar-refractivity contribution in [2.24, 2.45) is 5.92 Å². The first-order valence-electron chi connectivity index (χ1n) is 4.66. The molecule has 0 aromatic carbocycles. The number of hydrogen-bond donors (Lipinski definition) is 0. The van der Waals surface area contributed by atoms with Gasteiger partial charge in [-0.25, -0.2) is 15.0 Å². The predicted octanol–water partition coefficient (Wildman–Crippen LogP) is 1.89. The van der Waals surface area contributed by atoms with E-state index in [-0.39, 0.29) is 0 Å². The lowest BCUT2D eigenvalue weighted by Gasteiger charge is -2.00. The maximum atomic E-state index is 5.90. The van der Waals surface area contributed by atoms with Crippen LogP contribution in [0.15, 0.2) is 12.7 Å². The molecule has 0 aliphatic heterocycles. The van der Waals surface area contributed by atoms with Crippen molar-refractivity contribution in [1.29, 1.82) is 0 Å². The van der Waals surface area contributed by atoms with E-state index >= 15 is 0 Å². The lowest BCUT2D eigenvalue weighted by Crippen LogP contribution is -1.99. The molecule has 14 heavy (non-hydrogen) atoms. The molecular formula is C9H9ClN4. The summed E-state index contributed by atoms with van der Waals surface area (Å²) < 4.78 is 2.06. The first-order valence-corrected chi connectivity index (χ1v) is 5.04.